The van der Waals surface area contributed by atoms with E-state index in [0.29, 0.717) is 38.8 Å². The molecule has 0 atom stereocenters. The Balaban J connectivity index is 1.97. The van der Waals surface area contributed by atoms with Crippen LogP contribution >= 0.6 is 22.6 Å². The second kappa shape index (κ2) is 6.15. The predicted molar refractivity (Wildman–Crippen MR) is 78.1 cm³/mol. The molecule has 2 rings (SSSR count). The molecule has 7 heteroatoms. The number of nitrogens with one attached hydrogen (secondary N) is 1. The van der Waals surface area contributed by atoms with Crippen molar-refractivity contribution in [3.63, 3.8) is 0 Å². The SMILES string of the molecule is O=C(I)C1CCN(S(=O)(=O)C2CCNCC2)CC1. The monoisotopic (exact) mass is 386 g/mol. The van der Waals surface area contributed by atoms with Gasteiger partial charge in [-0.15, -0.1) is 0 Å². The zero-order chi connectivity index (χ0) is 13.2. The molecule has 0 spiro atoms. The molecule has 2 aliphatic heterocycles. The Kier molecular flexibility index (Phi) is 5.01. The lowest BCUT2D eigenvalue weighted by Gasteiger charge is -2.34. The summed E-state index contributed by atoms with van der Waals surface area (Å²) in [6, 6.07) is 0. The molecule has 0 aromatic heterocycles. The third kappa shape index (κ3) is 3.23. The number of piperidine rings is 2. The van der Waals surface area contributed by atoms with E-state index in [2.05, 4.69) is 5.32 Å². The van der Waals surface area contributed by atoms with E-state index in [4.69, 9.17) is 0 Å². The summed E-state index contributed by atoms with van der Waals surface area (Å²) in [4.78, 5) is 11.3. The van der Waals surface area contributed by atoms with Crippen LogP contribution in [0, 0.1) is 5.92 Å². The third-order valence-corrected chi connectivity index (χ3v) is 7.12. The predicted octanol–water partition coefficient (Wildman–Crippen LogP) is 0.742. The minimum atomic E-state index is -3.15. The topological polar surface area (TPSA) is 66.5 Å². The molecule has 0 aromatic rings. The first-order valence-corrected chi connectivity index (χ1v) is 8.99. The fourth-order valence-corrected chi connectivity index (χ4v) is 5.24. The number of carbonyl (C=O) groups is 1. The molecule has 104 valence electrons. The van der Waals surface area contributed by atoms with Crippen molar-refractivity contribution in [3.8, 4) is 0 Å². The van der Waals surface area contributed by atoms with Crippen molar-refractivity contribution >= 4 is 36.4 Å². The highest BCUT2D eigenvalue weighted by Gasteiger charge is 2.36. The number of hydrogen-bond donors (Lipinski definition) is 1. The molecule has 1 N–H and O–H groups in total. The number of sulfonamides is 1. The van der Waals surface area contributed by atoms with E-state index in [9.17, 15) is 13.2 Å². The van der Waals surface area contributed by atoms with Crippen molar-refractivity contribution in [2.75, 3.05) is 26.2 Å². The minimum Gasteiger partial charge on any atom is -0.317 e. The lowest BCUT2D eigenvalue weighted by atomic mass is 10.0. The summed E-state index contributed by atoms with van der Waals surface area (Å²) in [7, 11) is -3.15. The Hall–Kier alpha value is 0.270. The lowest BCUT2D eigenvalue weighted by molar-refractivity contribution is -0.113. The first-order valence-electron chi connectivity index (χ1n) is 6.41. The van der Waals surface area contributed by atoms with Gasteiger partial charge < -0.3 is 5.32 Å². The van der Waals surface area contributed by atoms with Crippen LogP contribution in [0.15, 0.2) is 0 Å². The van der Waals surface area contributed by atoms with Gasteiger partial charge >= 0.3 is 0 Å². The second-order valence-corrected chi connectivity index (χ2v) is 8.25. The highest BCUT2D eigenvalue weighted by Crippen LogP contribution is 2.26. The largest absolute Gasteiger partial charge is 0.317 e. The van der Waals surface area contributed by atoms with Crippen molar-refractivity contribution in [2.45, 2.75) is 30.9 Å². The molecule has 0 aromatic carbocycles. The first-order chi connectivity index (χ1) is 8.51. The molecular formula is C11H19IN2O3S. The van der Waals surface area contributed by atoms with Gasteiger partial charge in [-0.3, -0.25) is 4.79 Å². The summed E-state index contributed by atoms with van der Waals surface area (Å²) in [6.07, 6.45) is 2.75. The Bertz CT molecular complexity index is 399. The minimum absolute atomic E-state index is 0.0464. The molecule has 0 bridgehead atoms. The van der Waals surface area contributed by atoms with Gasteiger partial charge in [0.25, 0.3) is 0 Å². The van der Waals surface area contributed by atoms with Crippen LogP contribution in [0.1, 0.15) is 25.7 Å². The molecule has 0 unspecified atom stereocenters. The number of rotatable bonds is 3. The molecule has 2 saturated heterocycles. The normalized spacial score (nSPS) is 25.2. The van der Waals surface area contributed by atoms with Gasteiger partial charge in [0.2, 0.25) is 10.0 Å². The molecule has 0 radical (unpaired) electrons. The molecular weight excluding hydrogens is 367 g/mol. The molecule has 0 saturated carbocycles. The fourth-order valence-electron chi connectivity index (χ4n) is 2.64. The standard InChI is InChI=1S/C11H19IN2O3S/c12-11(15)9-3-7-14(8-4-9)18(16,17)10-1-5-13-6-2-10/h9-10,13H,1-8H2. The summed E-state index contributed by atoms with van der Waals surface area (Å²) >= 11 is 1.82. The van der Waals surface area contributed by atoms with E-state index < -0.39 is 10.0 Å². The zero-order valence-electron chi connectivity index (χ0n) is 10.3. The van der Waals surface area contributed by atoms with E-state index in [1.807, 2.05) is 22.6 Å². The van der Waals surface area contributed by atoms with E-state index in [0.717, 1.165) is 13.1 Å². The Morgan fingerprint density at radius 1 is 1.11 bits per heavy atom. The average molecular weight is 386 g/mol. The van der Waals surface area contributed by atoms with Gasteiger partial charge in [0.15, 0.2) is 3.79 Å². The molecule has 2 heterocycles. The molecule has 2 fully saturated rings. The van der Waals surface area contributed by atoms with E-state index in [1.165, 1.54) is 0 Å². The molecule has 0 aliphatic carbocycles. The third-order valence-electron chi connectivity index (χ3n) is 3.84. The van der Waals surface area contributed by atoms with Crippen LogP contribution in [0.3, 0.4) is 0 Å². The van der Waals surface area contributed by atoms with Crippen molar-refractivity contribution in [2.24, 2.45) is 5.92 Å². The maximum Gasteiger partial charge on any atom is 0.217 e. The second-order valence-electron chi connectivity index (χ2n) is 4.97. The zero-order valence-corrected chi connectivity index (χ0v) is 13.2. The summed E-state index contributed by atoms with van der Waals surface area (Å²) in [6.45, 7) is 2.58. The van der Waals surface area contributed by atoms with Crippen LogP contribution in [0.25, 0.3) is 0 Å². The summed E-state index contributed by atoms with van der Waals surface area (Å²) in [5.74, 6) is 0.0464. The maximum absolute atomic E-state index is 12.4. The Morgan fingerprint density at radius 2 is 1.67 bits per heavy atom. The van der Waals surface area contributed by atoms with Gasteiger partial charge in [0.05, 0.1) is 5.25 Å². The molecule has 18 heavy (non-hydrogen) atoms. The van der Waals surface area contributed by atoms with Crippen LogP contribution in [-0.4, -0.2) is 47.9 Å². The van der Waals surface area contributed by atoms with E-state index >= 15 is 0 Å². The summed E-state index contributed by atoms with van der Waals surface area (Å²) in [5, 5.41) is 2.95. The number of nitrogens with zero attached hydrogens (tertiary/aromatic N) is 1. The smallest absolute Gasteiger partial charge is 0.217 e. The van der Waals surface area contributed by atoms with Gasteiger partial charge in [-0.2, -0.15) is 0 Å². The quantitative estimate of drug-likeness (QED) is 0.574. The molecule has 5 nitrogen and oxygen atoms in total. The first kappa shape index (κ1) is 14.7. The van der Waals surface area contributed by atoms with Gasteiger partial charge in [-0.05, 0) is 61.4 Å². The number of carbonyl (C=O) groups excluding carboxylic acids is 1. The summed E-state index contributed by atoms with van der Waals surface area (Å²) < 4.78 is 26.6. The van der Waals surface area contributed by atoms with Crippen LogP contribution in [0.4, 0.5) is 0 Å². The van der Waals surface area contributed by atoms with Crippen molar-refractivity contribution in [1.29, 1.82) is 0 Å². The molecule has 2 aliphatic rings. The van der Waals surface area contributed by atoms with Gasteiger partial charge in [0, 0.05) is 19.0 Å². The van der Waals surface area contributed by atoms with Gasteiger partial charge in [0.1, 0.15) is 0 Å². The maximum atomic E-state index is 12.4. The Labute approximate surface area is 122 Å². The van der Waals surface area contributed by atoms with Gasteiger partial charge in [-0.1, -0.05) is 0 Å². The summed E-state index contributed by atoms with van der Waals surface area (Å²) in [5.41, 5.74) is 0. The highest BCUT2D eigenvalue weighted by molar-refractivity contribution is 14.1. The van der Waals surface area contributed by atoms with E-state index in [1.54, 1.807) is 4.31 Å². The lowest BCUT2D eigenvalue weighted by Crippen LogP contribution is -2.47. The van der Waals surface area contributed by atoms with Crippen molar-refractivity contribution < 1.29 is 13.2 Å². The number of hydrogen-bond acceptors (Lipinski definition) is 4. The average Bonchev–Trinajstić information content (AvgIpc) is 2.40. The van der Waals surface area contributed by atoms with Gasteiger partial charge in [-0.25, -0.2) is 12.7 Å². The Morgan fingerprint density at radius 3 is 2.17 bits per heavy atom. The van der Waals surface area contributed by atoms with Crippen molar-refractivity contribution in [1.82, 2.24) is 9.62 Å². The van der Waals surface area contributed by atoms with E-state index in [-0.39, 0.29) is 15.0 Å². The molecule has 0 amide bonds. The van der Waals surface area contributed by atoms with Crippen LogP contribution in [-0.2, 0) is 14.8 Å². The fraction of sp³-hybridized carbons (Fsp3) is 0.909. The number of halogens is 1. The van der Waals surface area contributed by atoms with Crippen LogP contribution in [0.2, 0.25) is 0 Å². The van der Waals surface area contributed by atoms with Crippen LogP contribution in [0.5, 0.6) is 0 Å². The van der Waals surface area contributed by atoms with Crippen LogP contribution < -0.4 is 5.32 Å². The van der Waals surface area contributed by atoms with Crippen molar-refractivity contribution in [3.05, 3.63) is 0 Å². The highest BCUT2D eigenvalue weighted by atomic mass is 127.